The molecule has 84 valence electrons. The lowest BCUT2D eigenvalue weighted by Crippen LogP contribution is -1.92. The number of hydrogen-bond donors (Lipinski definition) is 0. The first-order valence-electron chi connectivity index (χ1n) is 5.36. The van der Waals surface area contributed by atoms with E-state index in [1.54, 1.807) is 12.2 Å². The molecule has 0 N–H and O–H groups in total. The third kappa shape index (κ3) is 5.11. The Bertz CT molecular complexity index is 291. The van der Waals surface area contributed by atoms with Gasteiger partial charge in [0.15, 0.2) is 0 Å². The molecular weight excluding hydrogens is 184 g/mol. The average molecular weight is 206 g/mol. The molecule has 0 radical (unpaired) electrons. The van der Waals surface area contributed by atoms with Crippen LogP contribution >= 0.6 is 0 Å². The van der Waals surface area contributed by atoms with Crippen LogP contribution in [-0.4, -0.2) is 9.97 Å². The van der Waals surface area contributed by atoms with Crippen molar-refractivity contribution < 1.29 is 0 Å². The summed E-state index contributed by atoms with van der Waals surface area (Å²) in [6, 6.07) is 0. The molecule has 1 aromatic rings. The molecule has 0 saturated carbocycles. The van der Waals surface area contributed by atoms with E-state index in [1.165, 1.54) is 6.33 Å². The van der Waals surface area contributed by atoms with Gasteiger partial charge in [-0.15, -0.1) is 0 Å². The van der Waals surface area contributed by atoms with Crippen LogP contribution in [0.2, 0.25) is 0 Å². The molecule has 0 fully saturated rings. The van der Waals surface area contributed by atoms with Gasteiger partial charge in [-0.25, -0.2) is 9.97 Å². The topological polar surface area (TPSA) is 25.8 Å². The summed E-state index contributed by atoms with van der Waals surface area (Å²) in [5.74, 6) is 0. The van der Waals surface area contributed by atoms with Crippen LogP contribution in [0.1, 0.15) is 44.6 Å². The van der Waals surface area contributed by atoms with Gasteiger partial charge in [0.1, 0.15) is 6.33 Å². The van der Waals surface area contributed by atoms with E-state index in [2.05, 4.69) is 23.1 Å². The van der Waals surface area contributed by atoms with E-state index in [-0.39, 0.29) is 0 Å². The summed E-state index contributed by atoms with van der Waals surface area (Å²) in [5.41, 5.74) is 2.74. The lowest BCUT2D eigenvalue weighted by molar-refractivity contribution is 1.08. The molecule has 2 nitrogen and oxygen atoms in total. The Morgan fingerprint density at radius 1 is 1.00 bits per heavy atom. The molecule has 1 aromatic heterocycles. The maximum Gasteiger partial charge on any atom is 0.116 e. The first-order chi connectivity index (χ1) is 7.29. The number of aryl methyl sites for hydroxylation is 1. The average Bonchev–Trinajstić information content (AvgIpc) is 2.33. The Morgan fingerprint density at radius 3 is 1.87 bits per heavy atom. The fourth-order valence-corrected chi connectivity index (χ4v) is 0.917. The van der Waals surface area contributed by atoms with E-state index >= 15 is 0 Å². The van der Waals surface area contributed by atoms with Crippen LogP contribution < -0.4 is 0 Å². The normalized spacial score (nSPS) is 7.53. The van der Waals surface area contributed by atoms with E-state index in [4.69, 9.17) is 0 Å². The molecule has 0 aliphatic rings. The van der Waals surface area contributed by atoms with Gasteiger partial charge in [0.05, 0.1) is 5.69 Å². The van der Waals surface area contributed by atoms with E-state index < -0.39 is 0 Å². The fourth-order valence-electron chi connectivity index (χ4n) is 0.917. The van der Waals surface area contributed by atoms with Gasteiger partial charge in [-0.1, -0.05) is 46.9 Å². The summed E-state index contributed by atoms with van der Waals surface area (Å²) in [6.45, 7) is 17.2. The summed E-state index contributed by atoms with van der Waals surface area (Å²) in [7, 11) is 0. The SMILES string of the molecule is C=Cc1ncnc(C)c1C=C.CC.CC. The van der Waals surface area contributed by atoms with Gasteiger partial charge >= 0.3 is 0 Å². The van der Waals surface area contributed by atoms with Crippen molar-refractivity contribution >= 4 is 12.2 Å². The molecule has 0 spiro atoms. The van der Waals surface area contributed by atoms with Gasteiger partial charge in [0.25, 0.3) is 0 Å². The van der Waals surface area contributed by atoms with Crippen molar-refractivity contribution in [3.8, 4) is 0 Å². The molecule has 1 heterocycles. The summed E-state index contributed by atoms with van der Waals surface area (Å²) >= 11 is 0. The molecule has 0 unspecified atom stereocenters. The molecule has 0 aliphatic carbocycles. The Balaban J connectivity index is 0. The smallest absolute Gasteiger partial charge is 0.116 e. The quantitative estimate of drug-likeness (QED) is 0.727. The maximum absolute atomic E-state index is 4.03. The molecule has 0 atom stereocenters. The Kier molecular flexibility index (Phi) is 11.4. The van der Waals surface area contributed by atoms with E-state index in [0.717, 1.165) is 17.0 Å². The second kappa shape index (κ2) is 10.6. The number of hydrogen-bond acceptors (Lipinski definition) is 2. The zero-order valence-corrected chi connectivity index (χ0v) is 10.5. The second-order valence-electron chi connectivity index (χ2n) is 2.17. The minimum absolute atomic E-state index is 0.840. The van der Waals surface area contributed by atoms with Gasteiger partial charge in [0, 0.05) is 11.3 Å². The highest BCUT2D eigenvalue weighted by molar-refractivity contribution is 5.61. The second-order valence-corrected chi connectivity index (χ2v) is 2.17. The number of rotatable bonds is 2. The minimum atomic E-state index is 0.840. The largest absolute Gasteiger partial charge is 0.241 e. The van der Waals surface area contributed by atoms with Gasteiger partial charge in [0.2, 0.25) is 0 Å². The first-order valence-corrected chi connectivity index (χ1v) is 5.36. The van der Waals surface area contributed by atoms with Crippen molar-refractivity contribution in [1.82, 2.24) is 9.97 Å². The zero-order valence-electron chi connectivity index (χ0n) is 10.5. The molecule has 2 heteroatoms. The van der Waals surface area contributed by atoms with Crippen LogP contribution in [0.15, 0.2) is 19.5 Å². The standard InChI is InChI=1S/C9H10N2.2C2H6/c1-4-8-7(3)10-6-11-9(8)5-2;2*1-2/h4-6H,1-2H2,3H3;2*1-2H3. The van der Waals surface area contributed by atoms with E-state index in [0.29, 0.717) is 0 Å². The third-order valence-electron chi connectivity index (χ3n) is 1.51. The monoisotopic (exact) mass is 206 g/mol. The van der Waals surface area contributed by atoms with Crippen molar-refractivity contribution in [3.63, 3.8) is 0 Å². The highest BCUT2D eigenvalue weighted by Crippen LogP contribution is 2.10. The highest BCUT2D eigenvalue weighted by Gasteiger charge is 1.99. The van der Waals surface area contributed by atoms with Crippen LogP contribution in [0, 0.1) is 6.92 Å². The van der Waals surface area contributed by atoms with Crippen LogP contribution in [0.4, 0.5) is 0 Å². The van der Waals surface area contributed by atoms with Crippen LogP contribution in [-0.2, 0) is 0 Å². The Hall–Kier alpha value is -1.44. The van der Waals surface area contributed by atoms with Crippen LogP contribution in [0.5, 0.6) is 0 Å². The lowest BCUT2D eigenvalue weighted by Gasteiger charge is -2.00. The molecule has 0 aromatic carbocycles. The predicted molar refractivity (Wildman–Crippen MR) is 69.6 cm³/mol. The van der Waals surface area contributed by atoms with E-state index in [1.807, 2.05) is 34.6 Å². The molecule has 0 bridgehead atoms. The maximum atomic E-state index is 4.03. The summed E-state index contributed by atoms with van der Waals surface area (Å²) in [6.07, 6.45) is 4.97. The number of nitrogens with zero attached hydrogens (tertiary/aromatic N) is 2. The van der Waals surface area contributed by atoms with Gasteiger partial charge in [-0.3, -0.25) is 0 Å². The molecule has 0 aliphatic heterocycles. The lowest BCUT2D eigenvalue weighted by atomic mass is 10.1. The molecule has 0 amide bonds. The Labute approximate surface area is 93.8 Å². The van der Waals surface area contributed by atoms with E-state index in [9.17, 15) is 0 Å². The van der Waals surface area contributed by atoms with Gasteiger partial charge < -0.3 is 0 Å². The minimum Gasteiger partial charge on any atom is -0.241 e. The van der Waals surface area contributed by atoms with Crippen LogP contribution in [0.25, 0.3) is 12.2 Å². The van der Waals surface area contributed by atoms with Crippen molar-refractivity contribution in [2.24, 2.45) is 0 Å². The summed E-state index contributed by atoms with van der Waals surface area (Å²) < 4.78 is 0. The molecular formula is C13H22N2. The predicted octanol–water partition coefficient (Wildman–Crippen LogP) is 4.12. The Morgan fingerprint density at radius 2 is 1.53 bits per heavy atom. The van der Waals surface area contributed by atoms with Crippen molar-refractivity contribution in [1.29, 1.82) is 0 Å². The zero-order chi connectivity index (χ0) is 12.3. The summed E-state index contributed by atoms with van der Waals surface area (Å²) in [5, 5.41) is 0. The van der Waals surface area contributed by atoms with Crippen molar-refractivity contribution in [3.05, 3.63) is 36.4 Å². The molecule has 1 rings (SSSR count). The van der Waals surface area contributed by atoms with Gasteiger partial charge in [-0.05, 0) is 13.0 Å². The molecule has 15 heavy (non-hydrogen) atoms. The highest BCUT2D eigenvalue weighted by atomic mass is 14.8. The first kappa shape index (κ1) is 16.0. The molecule has 0 saturated heterocycles. The third-order valence-corrected chi connectivity index (χ3v) is 1.51. The van der Waals surface area contributed by atoms with Gasteiger partial charge in [-0.2, -0.15) is 0 Å². The fraction of sp³-hybridized carbons (Fsp3) is 0.385. The number of aromatic nitrogens is 2. The summed E-state index contributed by atoms with van der Waals surface area (Å²) in [4.78, 5) is 8.06. The van der Waals surface area contributed by atoms with Crippen molar-refractivity contribution in [2.75, 3.05) is 0 Å². The van der Waals surface area contributed by atoms with Crippen molar-refractivity contribution in [2.45, 2.75) is 34.6 Å². The van der Waals surface area contributed by atoms with Crippen LogP contribution in [0.3, 0.4) is 0 Å².